The Bertz CT molecular complexity index is 525. The number of amides is 1. The highest BCUT2D eigenvalue weighted by Crippen LogP contribution is 2.23. The van der Waals surface area contributed by atoms with E-state index in [1.165, 1.54) is 11.8 Å². The number of benzene rings is 1. The standard InChI is InChI=1S/C14H16N2O3/c17-14(13-9-18-6-7-19-13)16-12-3-1-2-10-4-5-15-8-11(10)12/h1-3,9,15H,4-8H2,(H,16,17). The number of nitrogens with one attached hydrogen (secondary N) is 2. The number of carbonyl (C=O) groups is 1. The zero-order valence-corrected chi connectivity index (χ0v) is 10.6. The predicted octanol–water partition coefficient (Wildman–Crippen LogP) is 1.16. The molecule has 0 aliphatic carbocycles. The normalized spacial score (nSPS) is 17.6. The third-order valence-electron chi connectivity index (χ3n) is 3.27. The molecule has 0 saturated carbocycles. The molecule has 3 rings (SSSR count). The van der Waals surface area contributed by atoms with Crippen molar-refractivity contribution >= 4 is 11.6 Å². The van der Waals surface area contributed by atoms with Gasteiger partial charge in [-0.2, -0.15) is 0 Å². The van der Waals surface area contributed by atoms with Crippen molar-refractivity contribution in [3.8, 4) is 0 Å². The Balaban J connectivity index is 1.79. The van der Waals surface area contributed by atoms with Gasteiger partial charge in [-0.15, -0.1) is 0 Å². The Morgan fingerprint density at radius 3 is 3.11 bits per heavy atom. The molecule has 2 heterocycles. The van der Waals surface area contributed by atoms with Gasteiger partial charge in [-0.25, -0.2) is 0 Å². The van der Waals surface area contributed by atoms with Gasteiger partial charge in [0.2, 0.25) is 5.76 Å². The number of hydrogen-bond acceptors (Lipinski definition) is 4. The third-order valence-corrected chi connectivity index (χ3v) is 3.27. The second kappa shape index (κ2) is 5.32. The molecule has 2 N–H and O–H groups in total. The van der Waals surface area contributed by atoms with E-state index in [0.29, 0.717) is 13.2 Å². The van der Waals surface area contributed by atoms with Crippen molar-refractivity contribution in [1.82, 2.24) is 5.32 Å². The maximum Gasteiger partial charge on any atom is 0.294 e. The molecule has 0 fully saturated rings. The van der Waals surface area contributed by atoms with Gasteiger partial charge in [0.1, 0.15) is 19.5 Å². The molecule has 2 aliphatic heterocycles. The van der Waals surface area contributed by atoms with Gasteiger partial charge in [-0.3, -0.25) is 4.79 Å². The molecule has 0 radical (unpaired) electrons. The summed E-state index contributed by atoms with van der Waals surface area (Å²) < 4.78 is 10.4. The highest BCUT2D eigenvalue weighted by molar-refractivity contribution is 6.02. The highest BCUT2D eigenvalue weighted by Gasteiger charge is 2.18. The van der Waals surface area contributed by atoms with Gasteiger partial charge >= 0.3 is 0 Å². The molecule has 2 aliphatic rings. The average Bonchev–Trinajstić information content (AvgIpc) is 2.48. The van der Waals surface area contributed by atoms with Crippen LogP contribution in [0.5, 0.6) is 0 Å². The fourth-order valence-electron chi connectivity index (χ4n) is 2.30. The molecule has 0 aromatic heterocycles. The highest BCUT2D eigenvalue weighted by atomic mass is 16.6. The number of rotatable bonds is 2. The lowest BCUT2D eigenvalue weighted by molar-refractivity contribution is -0.117. The summed E-state index contributed by atoms with van der Waals surface area (Å²) in [4.78, 5) is 12.0. The van der Waals surface area contributed by atoms with Crippen molar-refractivity contribution in [3.63, 3.8) is 0 Å². The molecular formula is C14H16N2O3. The molecule has 5 heteroatoms. The SMILES string of the molecule is O=C(Nc1cccc2c1CNCC2)C1=COCCO1. The average molecular weight is 260 g/mol. The molecule has 1 amide bonds. The summed E-state index contributed by atoms with van der Waals surface area (Å²) in [6, 6.07) is 5.98. The molecule has 1 aromatic carbocycles. The van der Waals surface area contributed by atoms with Crippen molar-refractivity contribution in [1.29, 1.82) is 0 Å². The number of ether oxygens (including phenoxy) is 2. The third kappa shape index (κ3) is 2.56. The molecule has 0 spiro atoms. The van der Waals surface area contributed by atoms with Gasteiger partial charge in [0.25, 0.3) is 5.91 Å². The van der Waals surface area contributed by atoms with E-state index in [0.717, 1.165) is 30.8 Å². The van der Waals surface area contributed by atoms with E-state index in [-0.39, 0.29) is 11.7 Å². The minimum Gasteiger partial charge on any atom is -0.494 e. The monoisotopic (exact) mass is 260 g/mol. The minimum absolute atomic E-state index is 0.229. The number of carbonyl (C=O) groups excluding carboxylic acids is 1. The van der Waals surface area contributed by atoms with Crippen LogP contribution in [0.25, 0.3) is 0 Å². The Hall–Kier alpha value is -2.01. The predicted molar refractivity (Wildman–Crippen MR) is 70.5 cm³/mol. The van der Waals surface area contributed by atoms with Gasteiger partial charge in [-0.1, -0.05) is 12.1 Å². The van der Waals surface area contributed by atoms with E-state index in [4.69, 9.17) is 9.47 Å². The van der Waals surface area contributed by atoms with Crippen LogP contribution in [0.2, 0.25) is 0 Å². The fraction of sp³-hybridized carbons (Fsp3) is 0.357. The molecule has 5 nitrogen and oxygen atoms in total. The first-order valence-corrected chi connectivity index (χ1v) is 6.42. The minimum atomic E-state index is -0.265. The van der Waals surface area contributed by atoms with Crippen molar-refractivity contribution < 1.29 is 14.3 Å². The van der Waals surface area contributed by atoms with E-state index in [1.807, 2.05) is 12.1 Å². The summed E-state index contributed by atoms with van der Waals surface area (Å²) in [5.41, 5.74) is 3.27. The van der Waals surface area contributed by atoms with E-state index in [9.17, 15) is 4.79 Å². The van der Waals surface area contributed by atoms with Gasteiger partial charge in [0.15, 0.2) is 0 Å². The van der Waals surface area contributed by atoms with E-state index >= 15 is 0 Å². The zero-order valence-electron chi connectivity index (χ0n) is 10.6. The molecule has 0 unspecified atom stereocenters. The van der Waals surface area contributed by atoms with Crippen molar-refractivity contribution in [2.75, 3.05) is 25.1 Å². The smallest absolute Gasteiger partial charge is 0.294 e. The van der Waals surface area contributed by atoms with Crippen LogP contribution in [0, 0.1) is 0 Å². The van der Waals surface area contributed by atoms with Gasteiger partial charge < -0.3 is 20.1 Å². The van der Waals surface area contributed by atoms with Crippen LogP contribution in [0.3, 0.4) is 0 Å². The number of fused-ring (bicyclic) bond motifs is 1. The first-order chi connectivity index (χ1) is 9.34. The summed E-state index contributed by atoms with van der Waals surface area (Å²) in [5, 5.41) is 6.20. The second-order valence-electron chi connectivity index (χ2n) is 4.53. The fourth-order valence-corrected chi connectivity index (χ4v) is 2.30. The molecule has 0 atom stereocenters. The van der Waals surface area contributed by atoms with Crippen LogP contribution in [0.15, 0.2) is 30.2 Å². The summed E-state index contributed by atoms with van der Waals surface area (Å²) in [5.74, 6) is -0.0358. The molecule has 1 aromatic rings. The van der Waals surface area contributed by atoms with Crippen molar-refractivity contribution in [2.45, 2.75) is 13.0 Å². The number of anilines is 1. The lowest BCUT2D eigenvalue weighted by Crippen LogP contribution is -2.26. The second-order valence-corrected chi connectivity index (χ2v) is 4.53. The van der Waals surface area contributed by atoms with E-state index in [2.05, 4.69) is 16.7 Å². The molecular weight excluding hydrogens is 244 g/mol. The molecule has 19 heavy (non-hydrogen) atoms. The maximum atomic E-state index is 12.0. The summed E-state index contributed by atoms with van der Waals surface area (Å²) in [6.07, 6.45) is 2.35. The zero-order chi connectivity index (χ0) is 13.1. The largest absolute Gasteiger partial charge is 0.494 e. The molecule has 0 bridgehead atoms. The molecule has 0 saturated heterocycles. The first-order valence-electron chi connectivity index (χ1n) is 6.42. The van der Waals surface area contributed by atoms with Crippen LogP contribution in [0.4, 0.5) is 5.69 Å². The number of hydrogen-bond donors (Lipinski definition) is 2. The van der Waals surface area contributed by atoms with E-state index in [1.54, 1.807) is 0 Å². The first kappa shape index (κ1) is 12.0. The van der Waals surface area contributed by atoms with Gasteiger partial charge in [0, 0.05) is 12.2 Å². The quantitative estimate of drug-likeness (QED) is 0.837. The van der Waals surface area contributed by atoms with Gasteiger partial charge in [0.05, 0.1) is 0 Å². The van der Waals surface area contributed by atoms with Crippen LogP contribution < -0.4 is 10.6 Å². The van der Waals surface area contributed by atoms with Gasteiger partial charge in [-0.05, 0) is 30.2 Å². The van der Waals surface area contributed by atoms with Crippen LogP contribution in [0.1, 0.15) is 11.1 Å². The summed E-state index contributed by atoms with van der Waals surface area (Å²) in [7, 11) is 0. The topological polar surface area (TPSA) is 59.6 Å². The maximum absolute atomic E-state index is 12.0. The summed E-state index contributed by atoms with van der Waals surface area (Å²) in [6.45, 7) is 2.66. The lowest BCUT2D eigenvalue weighted by Gasteiger charge is -2.21. The Kier molecular flexibility index (Phi) is 3.37. The Morgan fingerprint density at radius 1 is 1.32 bits per heavy atom. The van der Waals surface area contributed by atoms with Crippen LogP contribution in [-0.4, -0.2) is 25.7 Å². The Labute approximate surface area is 111 Å². The van der Waals surface area contributed by atoms with E-state index < -0.39 is 0 Å². The summed E-state index contributed by atoms with van der Waals surface area (Å²) >= 11 is 0. The Morgan fingerprint density at radius 2 is 2.26 bits per heavy atom. The van der Waals surface area contributed by atoms with Crippen molar-refractivity contribution in [2.24, 2.45) is 0 Å². The lowest BCUT2D eigenvalue weighted by atomic mass is 9.99. The van der Waals surface area contributed by atoms with Crippen molar-refractivity contribution in [3.05, 3.63) is 41.3 Å². The van der Waals surface area contributed by atoms with Crippen LogP contribution >= 0.6 is 0 Å². The molecule has 100 valence electrons. The van der Waals surface area contributed by atoms with Crippen LogP contribution in [-0.2, 0) is 27.2 Å².